The van der Waals surface area contributed by atoms with Gasteiger partial charge in [-0.3, -0.25) is 4.79 Å². The van der Waals surface area contributed by atoms with Crippen LogP contribution >= 0.6 is 0 Å². The third-order valence-electron chi connectivity index (χ3n) is 4.39. The molecule has 1 fully saturated rings. The summed E-state index contributed by atoms with van der Waals surface area (Å²) in [7, 11) is 1.60. The second kappa shape index (κ2) is 8.75. The molecule has 0 N–H and O–H groups in total. The van der Waals surface area contributed by atoms with Gasteiger partial charge in [0.15, 0.2) is 0 Å². The average Bonchev–Trinajstić information content (AvgIpc) is 3.13. The molecule has 1 heterocycles. The van der Waals surface area contributed by atoms with Crippen molar-refractivity contribution in [2.75, 3.05) is 25.2 Å². The van der Waals surface area contributed by atoms with Crippen molar-refractivity contribution < 1.29 is 28.5 Å². The van der Waals surface area contributed by atoms with E-state index in [1.54, 1.807) is 26.2 Å². The predicted molar refractivity (Wildman–Crippen MR) is 102 cm³/mol. The maximum Gasteiger partial charge on any atom is 0.356 e. The zero-order valence-electron chi connectivity index (χ0n) is 16.1. The highest BCUT2D eigenvalue weighted by atomic mass is 16.6. The number of nitrogens with zero attached hydrogens (tertiary/aromatic N) is 1. The molecule has 3 rings (SSSR count). The fourth-order valence-corrected chi connectivity index (χ4v) is 3.15. The number of esters is 2. The van der Waals surface area contributed by atoms with Crippen LogP contribution in [0, 0.1) is 0 Å². The minimum absolute atomic E-state index is 0.200. The second-order valence-corrected chi connectivity index (χ2v) is 6.22. The SMILES string of the molecule is CCOC(=O)C1OCC(c2ccc(OC(C)=O)cc2)N1c1ccc(OC)cc1. The first-order valence-electron chi connectivity index (χ1n) is 9.02. The summed E-state index contributed by atoms with van der Waals surface area (Å²) < 4.78 is 21.3. The molecule has 7 heteroatoms. The van der Waals surface area contributed by atoms with Crippen molar-refractivity contribution in [3.05, 3.63) is 54.1 Å². The lowest BCUT2D eigenvalue weighted by atomic mass is 10.1. The molecule has 0 spiro atoms. The normalized spacial score (nSPS) is 18.6. The summed E-state index contributed by atoms with van der Waals surface area (Å²) in [4.78, 5) is 25.4. The Labute approximate surface area is 163 Å². The van der Waals surface area contributed by atoms with Crippen molar-refractivity contribution in [2.24, 2.45) is 0 Å². The lowest BCUT2D eigenvalue weighted by Gasteiger charge is -2.29. The molecule has 0 aromatic heterocycles. The highest BCUT2D eigenvalue weighted by molar-refractivity contribution is 5.79. The van der Waals surface area contributed by atoms with Gasteiger partial charge in [-0.2, -0.15) is 0 Å². The number of methoxy groups -OCH3 is 1. The van der Waals surface area contributed by atoms with Gasteiger partial charge in [-0.25, -0.2) is 4.79 Å². The first-order valence-corrected chi connectivity index (χ1v) is 9.02. The summed E-state index contributed by atoms with van der Waals surface area (Å²) in [6.07, 6.45) is -0.841. The van der Waals surface area contributed by atoms with E-state index in [0.717, 1.165) is 17.0 Å². The average molecular weight is 385 g/mol. The monoisotopic (exact) mass is 385 g/mol. The number of rotatable bonds is 6. The van der Waals surface area contributed by atoms with Gasteiger partial charge in [-0.1, -0.05) is 12.1 Å². The standard InChI is InChI=1S/C21H23NO6/c1-4-26-21(24)20-22(16-7-11-17(25-3)12-8-16)19(13-27-20)15-5-9-18(10-6-15)28-14(2)23/h5-12,19-20H,4,13H2,1-3H3. The van der Waals surface area contributed by atoms with E-state index >= 15 is 0 Å². The van der Waals surface area contributed by atoms with Gasteiger partial charge in [0.1, 0.15) is 11.5 Å². The summed E-state index contributed by atoms with van der Waals surface area (Å²) in [6.45, 7) is 3.71. The smallest absolute Gasteiger partial charge is 0.356 e. The molecule has 1 aliphatic rings. The van der Waals surface area contributed by atoms with E-state index in [1.165, 1.54) is 6.92 Å². The molecular weight excluding hydrogens is 362 g/mol. The number of anilines is 1. The maximum absolute atomic E-state index is 12.4. The van der Waals surface area contributed by atoms with E-state index in [9.17, 15) is 9.59 Å². The van der Waals surface area contributed by atoms with Crippen LogP contribution in [0.3, 0.4) is 0 Å². The van der Waals surface area contributed by atoms with Gasteiger partial charge >= 0.3 is 11.9 Å². The Kier molecular flexibility index (Phi) is 6.16. The molecule has 0 saturated carbocycles. The molecule has 0 aliphatic carbocycles. The van der Waals surface area contributed by atoms with Crippen LogP contribution in [0.5, 0.6) is 11.5 Å². The van der Waals surface area contributed by atoms with E-state index in [-0.39, 0.29) is 18.6 Å². The third-order valence-corrected chi connectivity index (χ3v) is 4.39. The lowest BCUT2D eigenvalue weighted by Crippen LogP contribution is -2.39. The van der Waals surface area contributed by atoms with Gasteiger partial charge in [0, 0.05) is 12.6 Å². The molecule has 2 aromatic rings. The van der Waals surface area contributed by atoms with Crippen LogP contribution in [0.25, 0.3) is 0 Å². The number of carbonyl (C=O) groups excluding carboxylic acids is 2. The highest BCUT2D eigenvalue weighted by Gasteiger charge is 2.41. The molecule has 0 amide bonds. The van der Waals surface area contributed by atoms with Crippen molar-refractivity contribution in [3.63, 3.8) is 0 Å². The fourth-order valence-electron chi connectivity index (χ4n) is 3.15. The van der Waals surface area contributed by atoms with Gasteiger partial charge in [-0.15, -0.1) is 0 Å². The van der Waals surface area contributed by atoms with Gasteiger partial charge in [0.05, 0.1) is 26.4 Å². The Morgan fingerprint density at radius 1 is 1.07 bits per heavy atom. The molecule has 28 heavy (non-hydrogen) atoms. The van der Waals surface area contributed by atoms with Crippen molar-refractivity contribution in [2.45, 2.75) is 26.1 Å². The molecule has 1 aliphatic heterocycles. The van der Waals surface area contributed by atoms with Gasteiger partial charge in [-0.05, 0) is 48.9 Å². The summed E-state index contributed by atoms with van der Waals surface area (Å²) in [5.74, 6) is 0.378. The Morgan fingerprint density at radius 2 is 1.71 bits per heavy atom. The van der Waals surface area contributed by atoms with Crippen molar-refractivity contribution in [3.8, 4) is 11.5 Å². The Morgan fingerprint density at radius 3 is 2.29 bits per heavy atom. The van der Waals surface area contributed by atoms with E-state index in [4.69, 9.17) is 18.9 Å². The zero-order chi connectivity index (χ0) is 20.1. The van der Waals surface area contributed by atoms with E-state index < -0.39 is 12.2 Å². The molecule has 148 valence electrons. The number of ether oxygens (including phenoxy) is 4. The maximum atomic E-state index is 12.4. The molecule has 2 atom stereocenters. The molecular formula is C21H23NO6. The Bertz CT molecular complexity index is 818. The largest absolute Gasteiger partial charge is 0.497 e. The summed E-state index contributed by atoms with van der Waals surface area (Å²) in [5, 5.41) is 0. The first-order chi connectivity index (χ1) is 13.5. The van der Waals surface area contributed by atoms with Gasteiger partial charge < -0.3 is 23.8 Å². The van der Waals surface area contributed by atoms with Crippen molar-refractivity contribution in [1.82, 2.24) is 0 Å². The van der Waals surface area contributed by atoms with Crippen LogP contribution in [0.1, 0.15) is 25.5 Å². The van der Waals surface area contributed by atoms with Crippen LogP contribution in [-0.4, -0.2) is 38.5 Å². The van der Waals surface area contributed by atoms with Crippen LogP contribution < -0.4 is 14.4 Å². The van der Waals surface area contributed by atoms with Gasteiger partial charge in [0.2, 0.25) is 6.23 Å². The minimum atomic E-state index is -0.841. The highest BCUT2D eigenvalue weighted by Crippen LogP contribution is 2.37. The van der Waals surface area contributed by atoms with E-state index in [2.05, 4.69) is 0 Å². The zero-order valence-corrected chi connectivity index (χ0v) is 16.1. The Hall–Kier alpha value is -3.06. The van der Waals surface area contributed by atoms with E-state index in [1.807, 2.05) is 41.3 Å². The number of hydrogen-bond acceptors (Lipinski definition) is 7. The summed E-state index contributed by atoms with van der Waals surface area (Å²) in [6, 6.07) is 14.4. The molecule has 1 saturated heterocycles. The number of benzene rings is 2. The fraction of sp³-hybridized carbons (Fsp3) is 0.333. The van der Waals surface area contributed by atoms with Crippen LogP contribution in [-0.2, 0) is 19.1 Å². The summed E-state index contributed by atoms with van der Waals surface area (Å²) in [5.41, 5.74) is 1.74. The number of hydrogen-bond donors (Lipinski definition) is 0. The van der Waals surface area contributed by atoms with Crippen molar-refractivity contribution >= 4 is 17.6 Å². The third kappa shape index (κ3) is 4.26. The lowest BCUT2D eigenvalue weighted by molar-refractivity contribution is -0.153. The van der Waals surface area contributed by atoms with Crippen LogP contribution in [0.15, 0.2) is 48.5 Å². The van der Waals surface area contributed by atoms with E-state index in [0.29, 0.717) is 12.4 Å². The first kappa shape index (κ1) is 19.7. The molecule has 2 unspecified atom stereocenters. The molecule has 0 radical (unpaired) electrons. The second-order valence-electron chi connectivity index (χ2n) is 6.22. The van der Waals surface area contributed by atoms with Crippen LogP contribution in [0.2, 0.25) is 0 Å². The van der Waals surface area contributed by atoms with Crippen molar-refractivity contribution in [1.29, 1.82) is 0 Å². The minimum Gasteiger partial charge on any atom is -0.497 e. The number of carbonyl (C=O) groups is 2. The topological polar surface area (TPSA) is 74.3 Å². The molecule has 2 aromatic carbocycles. The quantitative estimate of drug-likeness (QED) is 0.559. The molecule has 7 nitrogen and oxygen atoms in total. The van der Waals surface area contributed by atoms with Gasteiger partial charge in [0.25, 0.3) is 0 Å². The predicted octanol–water partition coefficient (Wildman–Crippen LogP) is 3.09. The van der Waals surface area contributed by atoms with Crippen LogP contribution in [0.4, 0.5) is 5.69 Å². The summed E-state index contributed by atoms with van der Waals surface area (Å²) >= 11 is 0. The molecule has 0 bridgehead atoms. The Balaban J connectivity index is 1.91.